The van der Waals surface area contributed by atoms with Gasteiger partial charge in [-0.3, -0.25) is 0 Å². The third-order valence-corrected chi connectivity index (χ3v) is 0. The molecular formula is Cl2CoPt. The van der Waals surface area contributed by atoms with Crippen molar-refractivity contribution in [2.45, 2.75) is 0 Å². The van der Waals surface area contributed by atoms with Crippen molar-refractivity contribution in [2.75, 3.05) is 0 Å². The maximum atomic E-state index is 4.73. The Kier molecular flexibility index (Phi) is 20.4. The Morgan fingerprint density at radius 3 is 1.25 bits per heavy atom. The van der Waals surface area contributed by atoms with Gasteiger partial charge in [-0.15, -0.1) is 0 Å². The van der Waals surface area contributed by atoms with Crippen LogP contribution in [0.4, 0.5) is 0 Å². The third-order valence-electron chi connectivity index (χ3n) is 0. The molecule has 4 heavy (non-hydrogen) atoms. The van der Waals surface area contributed by atoms with Gasteiger partial charge in [0.05, 0.1) is 0 Å². The van der Waals surface area contributed by atoms with Gasteiger partial charge in [-0.05, 0) is 0 Å². The van der Waals surface area contributed by atoms with Gasteiger partial charge in [-0.1, -0.05) is 0 Å². The van der Waals surface area contributed by atoms with Crippen molar-refractivity contribution in [3.63, 3.8) is 0 Å². The van der Waals surface area contributed by atoms with E-state index in [0.717, 1.165) is 0 Å². The van der Waals surface area contributed by atoms with Gasteiger partial charge in [0.25, 0.3) is 0 Å². The number of halogens is 2. The first-order chi connectivity index (χ1) is 1.41. The van der Waals surface area contributed by atoms with Crippen LogP contribution in [0.15, 0.2) is 0 Å². The normalized spacial score (nSPS) is 5.50. The molecule has 4 heteroatoms. The van der Waals surface area contributed by atoms with E-state index in [2.05, 4.69) is 0 Å². The van der Waals surface area contributed by atoms with Gasteiger partial charge >= 0.3 is 33.2 Å². The van der Waals surface area contributed by atoms with Gasteiger partial charge < -0.3 is 0 Å². The van der Waals surface area contributed by atoms with Crippen LogP contribution in [0.2, 0.25) is 0 Å². The largest absolute Gasteiger partial charge is 0 e. The molecule has 0 nitrogen and oxygen atoms in total. The van der Waals surface area contributed by atoms with E-state index in [1.54, 1.807) is 0 Å². The van der Waals surface area contributed by atoms with Crippen molar-refractivity contribution in [3.8, 4) is 0 Å². The molecule has 0 saturated carbocycles. The molecule has 0 fully saturated rings. The van der Waals surface area contributed by atoms with Crippen LogP contribution in [0.25, 0.3) is 0 Å². The number of rotatable bonds is 0. The molecule has 0 rings (SSSR count). The van der Waals surface area contributed by atoms with Crippen LogP contribution in [0, 0.1) is 0 Å². The molecule has 0 aromatic carbocycles. The van der Waals surface area contributed by atoms with Crippen LogP contribution in [0.1, 0.15) is 0 Å². The zero-order chi connectivity index (χ0) is 2.71. The van der Waals surface area contributed by atoms with Crippen LogP contribution < -0.4 is 0 Å². The van der Waals surface area contributed by atoms with E-state index in [1.165, 1.54) is 0 Å². The molecule has 0 N–H and O–H groups in total. The van der Waals surface area contributed by atoms with Gasteiger partial charge in [-0.2, -0.15) is 0 Å². The van der Waals surface area contributed by atoms with Crippen molar-refractivity contribution in [3.05, 3.63) is 0 Å². The van der Waals surface area contributed by atoms with Gasteiger partial charge in [-0.25, -0.2) is 0 Å². The van der Waals surface area contributed by atoms with Crippen LogP contribution in [-0.4, -0.2) is 0 Å². The predicted octanol–water partition coefficient (Wildman–Crippen LogP) is 1.37. The monoisotopic (exact) mass is 324 g/mol. The quantitative estimate of drug-likeness (QED) is 0.631. The van der Waals surface area contributed by atoms with Gasteiger partial charge in [0.15, 0.2) is 0 Å². The summed E-state index contributed by atoms with van der Waals surface area (Å²) in [6.45, 7) is 0. The first-order valence-electron chi connectivity index (χ1n) is 0.252. The van der Waals surface area contributed by atoms with Crippen molar-refractivity contribution >= 4 is 20.3 Å². The summed E-state index contributed by atoms with van der Waals surface area (Å²) in [5.74, 6) is 0. The summed E-state index contributed by atoms with van der Waals surface area (Å²) in [6.07, 6.45) is 0. The Morgan fingerprint density at radius 1 is 1.25 bits per heavy atom. The number of hydrogen-bond donors (Lipinski definition) is 0. The molecule has 0 aliphatic heterocycles. The maximum Gasteiger partial charge on any atom is 0 e. The predicted molar refractivity (Wildman–Crippen MR) is 11.7 cm³/mol. The Morgan fingerprint density at radius 2 is 1.25 bits per heavy atom. The van der Waals surface area contributed by atoms with E-state index in [4.69, 9.17) is 20.3 Å². The van der Waals surface area contributed by atoms with Crippen LogP contribution in [0.5, 0.6) is 0 Å². The van der Waals surface area contributed by atoms with Crippen LogP contribution in [0.3, 0.4) is 0 Å². The molecule has 0 spiro atoms. The van der Waals surface area contributed by atoms with E-state index in [-0.39, 0.29) is 21.1 Å². The maximum absolute atomic E-state index is 4.73. The van der Waals surface area contributed by atoms with E-state index in [1.807, 2.05) is 0 Å². The molecular weight excluding hydrogens is 325 g/mol. The summed E-state index contributed by atoms with van der Waals surface area (Å²) < 4.78 is 0. The fourth-order valence-electron chi connectivity index (χ4n) is 0. The molecule has 0 amide bonds. The standard InChI is InChI=1S/2ClH.Co.Pt/h2*1H;;/q;;+2;/p-2. The summed E-state index contributed by atoms with van der Waals surface area (Å²) in [7, 11) is 9.47. The van der Waals surface area contributed by atoms with E-state index in [9.17, 15) is 0 Å². The molecule has 0 bridgehead atoms. The molecule has 33 valence electrons. The molecule has 0 heterocycles. The number of hydrogen-bond acceptors (Lipinski definition) is 0. The topological polar surface area (TPSA) is 0 Å². The van der Waals surface area contributed by atoms with Gasteiger partial charge in [0.2, 0.25) is 0 Å². The summed E-state index contributed by atoms with van der Waals surface area (Å²) in [5, 5.41) is 0. The van der Waals surface area contributed by atoms with Crippen LogP contribution in [-0.2, 0) is 34.0 Å². The zero-order valence-electron chi connectivity index (χ0n) is 1.41. The molecule has 0 aromatic heterocycles. The first kappa shape index (κ1) is 9.24. The van der Waals surface area contributed by atoms with E-state index < -0.39 is 0 Å². The van der Waals surface area contributed by atoms with Crippen molar-refractivity contribution in [2.24, 2.45) is 0 Å². The molecule has 0 unspecified atom stereocenters. The first-order valence-corrected chi connectivity index (χ1v) is 3.12. The average molecular weight is 325 g/mol. The van der Waals surface area contributed by atoms with Crippen molar-refractivity contribution in [1.82, 2.24) is 0 Å². The van der Waals surface area contributed by atoms with Crippen molar-refractivity contribution < 1.29 is 34.0 Å². The minimum absolute atomic E-state index is 0. The van der Waals surface area contributed by atoms with Crippen LogP contribution >= 0.6 is 20.3 Å². The molecule has 0 aliphatic carbocycles. The second-order valence-corrected chi connectivity index (χ2v) is 1.77. The van der Waals surface area contributed by atoms with Gasteiger partial charge in [0.1, 0.15) is 0 Å². The minimum Gasteiger partial charge on any atom is 0 e. The fourth-order valence-corrected chi connectivity index (χ4v) is 0. The summed E-state index contributed by atoms with van der Waals surface area (Å²) in [5.41, 5.74) is 0. The average Bonchev–Trinajstić information content (AvgIpc) is 0.918. The Bertz CT molecular complexity index is 6.00. The molecule has 0 aromatic rings. The molecule has 0 radical (unpaired) electrons. The summed E-state index contributed by atoms with van der Waals surface area (Å²) >= 11 is 0.382. The third kappa shape index (κ3) is 9.23. The fraction of sp³-hybridized carbons (Fsp3) is 0. The minimum atomic E-state index is 0. The van der Waals surface area contributed by atoms with Gasteiger partial charge in [0, 0.05) is 21.1 Å². The molecule has 0 aliphatic rings. The summed E-state index contributed by atoms with van der Waals surface area (Å²) in [6, 6.07) is 0. The molecule has 0 saturated heterocycles. The Balaban J connectivity index is 0. The Labute approximate surface area is 54.0 Å². The zero-order valence-corrected chi connectivity index (χ0v) is 6.23. The SMILES string of the molecule is [Cl][Co][Cl].[Pt]. The van der Waals surface area contributed by atoms with E-state index in [0.29, 0.717) is 12.9 Å². The van der Waals surface area contributed by atoms with Crippen molar-refractivity contribution in [1.29, 1.82) is 0 Å². The molecule has 0 atom stereocenters. The Hall–Kier alpha value is 1.77. The smallest absolute Gasteiger partial charge is 0 e. The second kappa shape index (κ2) is 8.84. The second-order valence-electron chi connectivity index (χ2n) is 0.0476. The van der Waals surface area contributed by atoms with E-state index >= 15 is 0 Å². The summed E-state index contributed by atoms with van der Waals surface area (Å²) in [4.78, 5) is 0.